The summed E-state index contributed by atoms with van der Waals surface area (Å²) in [7, 11) is 0. The summed E-state index contributed by atoms with van der Waals surface area (Å²) in [6.07, 6.45) is 5.10. The molecule has 3 amide bonds. The van der Waals surface area contributed by atoms with Gasteiger partial charge in [0.05, 0.1) is 33.3 Å². The van der Waals surface area contributed by atoms with Crippen molar-refractivity contribution in [3.05, 3.63) is 106 Å². The largest absolute Gasteiger partial charge is 0.491 e. The van der Waals surface area contributed by atoms with Crippen molar-refractivity contribution >= 4 is 52.5 Å². The summed E-state index contributed by atoms with van der Waals surface area (Å²) in [5, 5.41) is 18.6. The number of aromatic carboxylic acids is 1. The number of benzene rings is 3. The average Bonchev–Trinajstić information content (AvgIpc) is 3.48. The molecule has 0 aliphatic heterocycles. The van der Waals surface area contributed by atoms with Gasteiger partial charge in [0.25, 0.3) is 0 Å². The Morgan fingerprint density at radius 3 is 2.29 bits per heavy atom. The molecular weight excluding hydrogens is 619 g/mol. The van der Waals surface area contributed by atoms with Crippen LogP contribution in [-0.2, 0) is 11.2 Å². The Labute approximate surface area is 269 Å². The first-order valence-electron chi connectivity index (χ1n) is 14.2. The molecule has 3 aromatic carbocycles. The zero-order valence-corrected chi connectivity index (χ0v) is 25.5. The molecular formula is C33H30Cl2N4O6. The summed E-state index contributed by atoms with van der Waals surface area (Å²) < 4.78 is 11.9. The van der Waals surface area contributed by atoms with Crippen molar-refractivity contribution in [1.82, 2.24) is 10.3 Å². The molecule has 0 saturated heterocycles. The van der Waals surface area contributed by atoms with E-state index in [9.17, 15) is 19.5 Å². The van der Waals surface area contributed by atoms with E-state index in [4.69, 9.17) is 32.7 Å². The highest BCUT2D eigenvalue weighted by Gasteiger charge is 2.36. The van der Waals surface area contributed by atoms with Crippen molar-refractivity contribution in [3.63, 3.8) is 0 Å². The molecule has 1 aromatic heterocycles. The van der Waals surface area contributed by atoms with Crippen LogP contribution in [0.3, 0.4) is 0 Å². The Balaban J connectivity index is 1.11. The molecule has 1 fully saturated rings. The molecule has 1 heterocycles. The van der Waals surface area contributed by atoms with Gasteiger partial charge in [-0.25, -0.2) is 14.6 Å². The zero-order valence-electron chi connectivity index (χ0n) is 24.0. The lowest BCUT2D eigenvalue weighted by atomic mass is 9.99. The van der Waals surface area contributed by atoms with E-state index in [0.717, 1.165) is 25.7 Å². The number of hydrogen-bond acceptors (Lipinski definition) is 6. The zero-order chi connectivity index (χ0) is 31.8. The van der Waals surface area contributed by atoms with Gasteiger partial charge in [-0.1, -0.05) is 54.2 Å². The second-order valence-electron chi connectivity index (χ2n) is 10.6. The number of aromatic nitrogens is 1. The van der Waals surface area contributed by atoms with Crippen LogP contribution in [0.1, 0.15) is 41.6 Å². The summed E-state index contributed by atoms with van der Waals surface area (Å²) in [6, 6.07) is 21.2. The highest BCUT2D eigenvalue weighted by molar-refractivity contribution is 6.42. The predicted octanol–water partition coefficient (Wildman–Crippen LogP) is 7.57. The van der Waals surface area contributed by atoms with Gasteiger partial charge in [0.2, 0.25) is 11.8 Å². The Hall–Kier alpha value is -4.80. The van der Waals surface area contributed by atoms with Gasteiger partial charge in [0, 0.05) is 18.0 Å². The monoisotopic (exact) mass is 648 g/mol. The van der Waals surface area contributed by atoms with Crippen molar-refractivity contribution < 1.29 is 29.0 Å². The van der Waals surface area contributed by atoms with E-state index in [1.165, 1.54) is 18.3 Å². The van der Waals surface area contributed by atoms with Crippen LogP contribution in [0, 0.1) is 0 Å². The van der Waals surface area contributed by atoms with Crippen LogP contribution in [0.25, 0.3) is 0 Å². The third kappa shape index (κ3) is 8.65. The lowest BCUT2D eigenvalue weighted by molar-refractivity contribution is -0.115. The number of carbonyl (C=O) groups excluding carboxylic acids is 2. The van der Waals surface area contributed by atoms with Crippen LogP contribution in [-0.4, -0.2) is 40.1 Å². The number of halogens is 2. The van der Waals surface area contributed by atoms with Crippen molar-refractivity contribution in [3.8, 4) is 17.4 Å². The van der Waals surface area contributed by atoms with Gasteiger partial charge in [-0.05, 0) is 73.0 Å². The van der Waals surface area contributed by atoms with Crippen LogP contribution in [0.2, 0.25) is 10.0 Å². The number of carboxylic acid groups (broad SMARTS) is 1. The van der Waals surface area contributed by atoms with E-state index in [0.29, 0.717) is 45.3 Å². The number of para-hydroxylation sites is 1. The van der Waals surface area contributed by atoms with Gasteiger partial charge in [-0.15, -0.1) is 0 Å². The van der Waals surface area contributed by atoms with E-state index < -0.39 is 11.5 Å². The summed E-state index contributed by atoms with van der Waals surface area (Å²) in [5.74, 6) is 0.0204. The van der Waals surface area contributed by atoms with Gasteiger partial charge >= 0.3 is 12.0 Å². The van der Waals surface area contributed by atoms with Crippen molar-refractivity contribution in [2.75, 3.05) is 17.2 Å². The number of nitrogens with zero attached hydrogens (tertiary/aromatic N) is 1. The number of carboxylic acids is 1. The molecule has 0 unspecified atom stereocenters. The third-order valence-corrected chi connectivity index (χ3v) is 8.01. The van der Waals surface area contributed by atoms with Gasteiger partial charge in [-0.2, -0.15) is 0 Å². The smallest absolute Gasteiger partial charge is 0.337 e. The molecule has 0 radical (unpaired) electrons. The minimum Gasteiger partial charge on any atom is -0.491 e. The number of rotatable bonds is 11. The number of carbonyl (C=O) groups is 3. The number of nitrogens with one attached hydrogen (secondary N) is 3. The molecule has 1 aliphatic rings. The number of amides is 3. The number of urea groups is 1. The van der Waals surface area contributed by atoms with Crippen molar-refractivity contribution in [2.45, 2.75) is 37.6 Å². The summed E-state index contributed by atoms with van der Waals surface area (Å²) >= 11 is 12.0. The molecule has 1 aliphatic carbocycles. The Morgan fingerprint density at radius 1 is 0.867 bits per heavy atom. The fourth-order valence-corrected chi connectivity index (χ4v) is 5.31. The van der Waals surface area contributed by atoms with Crippen LogP contribution < -0.4 is 25.4 Å². The summed E-state index contributed by atoms with van der Waals surface area (Å²) in [6.45, 7) is 0.306. The lowest BCUT2D eigenvalue weighted by Gasteiger charge is -2.30. The maximum Gasteiger partial charge on any atom is 0.337 e. The van der Waals surface area contributed by atoms with Gasteiger partial charge in [0.1, 0.15) is 18.1 Å². The van der Waals surface area contributed by atoms with Gasteiger partial charge in [-0.3, -0.25) is 4.79 Å². The quantitative estimate of drug-likeness (QED) is 0.131. The van der Waals surface area contributed by atoms with Crippen molar-refractivity contribution in [1.29, 1.82) is 0 Å². The highest BCUT2D eigenvalue weighted by atomic mass is 35.5. The molecule has 4 aromatic rings. The molecule has 10 nitrogen and oxygen atoms in total. The maximum absolute atomic E-state index is 12.8. The van der Waals surface area contributed by atoms with Crippen LogP contribution in [0.4, 0.5) is 16.2 Å². The van der Waals surface area contributed by atoms with E-state index in [2.05, 4.69) is 20.9 Å². The summed E-state index contributed by atoms with van der Waals surface area (Å²) in [4.78, 5) is 40.9. The second-order valence-corrected chi connectivity index (χ2v) is 11.5. The number of hydrogen-bond donors (Lipinski definition) is 4. The first kappa shape index (κ1) is 31.6. The van der Waals surface area contributed by atoms with E-state index in [-0.39, 0.29) is 29.6 Å². The van der Waals surface area contributed by atoms with Crippen LogP contribution >= 0.6 is 23.2 Å². The fraction of sp³-hybridized carbons (Fsp3) is 0.212. The van der Waals surface area contributed by atoms with Crippen LogP contribution in [0.15, 0.2) is 85.1 Å². The highest BCUT2D eigenvalue weighted by Crippen LogP contribution is 2.32. The second kappa shape index (κ2) is 14.3. The first-order chi connectivity index (χ1) is 21.7. The first-order valence-corrected chi connectivity index (χ1v) is 15.0. The molecule has 4 N–H and O–H groups in total. The number of anilines is 2. The molecule has 1 saturated carbocycles. The van der Waals surface area contributed by atoms with Gasteiger partial charge in [0.15, 0.2) is 0 Å². The van der Waals surface area contributed by atoms with Crippen molar-refractivity contribution in [2.24, 2.45) is 0 Å². The topological polar surface area (TPSA) is 139 Å². The molecule has 0 spiro atoms. The third-order valence-electron chi connectivity index (χ3n) is 7.27. The molecule has 0 atom stereocenters. The SMILES string of the molecule is O=C(Cc1ccc(Oc2ccc(OCC3(NC(=O)Nc4ccc(Cl)c(Cl)c4)CCCC3)cc2)nc1)Nc1ccccc1C(=O)O. The molecule has 232 valence electrons. The van der Waals surface area contributed by atoms with E-state index >= 15 is 0 Å². The van der Waals surface area contributed by atoms with E-state index in [1.54, 1.807) is 66.7 Å². The Kier molecular flexibility index (Phi) is 10.1. The Morgan fingerprint density at radius 2 is 1.60 bits per heavy atom. The minimum atomic E-state index is -1.12. The number of pyridine rings is 1. The fourth-order valence-electron chi connectivity index (χ4n) is 5.01. The average molecular weight is 650 g/mol. The van der Waals surface area contributed by atoms with E-state index in [1.807, 2.05) is 0 Å². The predicted molar refractivity (Wildman–Crippen MR) is 172 cm³/mol. The lowest BCUT2D eigenvalue weighted by Crippen LogP contribution is -2.52. The van der Waals surface area contributed by atoms with Crippen LogP contribution in [0.5, 0.6) is 17.4 Å². The normalized spacial score (nSPS) is 13.5. The molecule has 0 bridgehead atoms. The molecule has 12 heteroatoms. The Bertz CT molecular complexity index is 1680. The standard InChI is InChI=1S/C33H30Cl2N4O6/c34-26-13-8-22(18-27(26)35)37-32(43)39-33(15-3-4-16-33)20-44-23-9-11-24(12-10-23)45-30-14-7-21(19-36-30)17-29(40)38-28-6-2-1-5-25(28)31(41)42/h1-2,5-14,18-19H,3-4,15-17,20H2,(H,38,40)(H,41,42)(H2,37,39,43). The maximum atomic E-state index is 12.8. The van der Waals surface area contributed by atoms with Gasteiger partial charge < -0.3 is 30.5 Å². The minimum absolute atomic E-state index is 0.0146. The summed E-state index contributed by atoms with van der Waals surface area (Å²) in [5.41, 5.74) is 0.923. The molecule has 5 rings (SSSR count). The number of ether oxygens (including phenoxy) is 2. The molecule has 45 heavy (non-hydrogen) atoms.